The van der Waals surface area contributed by atoms with Crippen molar-refractivity contribution in [3.63, 3.8) is 0 Å². The number of urea groups is 1. The van der Waals surface area contributed by atoms with Crippen LogP contribution in [0.1, 0.15) is 29.8 Å². The smallest absolute Gasteiger partial charge is 0.317 e. The van der Waals surface area contributed by atoms with Gasteiger partial charge in [-0.3, -0.25) is 4.90 Å². The van der Waals surface area contributed by atoms with Crippen LogP contribution in [0.2, 0.25) is 0 Å². The second-order valence-corrected chi connectivity index (χ2v) is 8.16. The predicted octanol–water partition coefficient (Wildman–Crippen LogP) is 2.43. The van der Waals surface area contributed by atoms with Gasteiger partial charge in [0.15, 0.2) is 0 Å². The van der Waals surface area contributed by atoms with Crippen LogP contribution in [-0.2, 0) is 11.3 Å². The summed E-state index contributed by atoms with van der Waals surface area (Å²) in [6.07, 6.45) is 2.27. The van der Waals surface area contributed by atoms with Crippen molar-refractivity contribution in [2.24, 2.45) is 5.92 Å². The molecule has 0 saturated carbocycles. The molecule has 28 heavy (non-hydrogen) atoms. The minimum absolute atomic E-state index is 0.0134. The van der Waals surface area contributed by atoms with Crippen molar-refractivity contribution in [3.05, 3.63) is 29.1 Å². The molecule has 1 atom stereocenters. The van der Waals surface area contributed by atoms with E-state index in [4.69, 9.17) is 4.74 Å². The van der Waals surface area contributed by atoms with Crippen LogP contribution < -0.4 is 5.32 Å². The van der Waals surface area contributed by atoms with E-state index in [0.29, 0.717) is 12.5 Å². The number of aromatic nitrogens is 2. The van der Waals surface area contributed by atoms with Gasteiger partial charge in [0.25, 0.3) is 0 Å². The Bertz CT molecular complexity index is 789. The van der Waals surface area contributed by atoms with E-state index in [1.807, 2.05) is 4.90 Å². The number of hydrogen-bond acceptors (Lipinski definition) is 4. The lowest BCUT2D eigenvalue weighted by Crippen LogP contribution is -2.48. The molecule has 2 aliphatic rings. The van der Waals surface area contributed by atoms with Gasteiger partial charge >= 0.3 is 6.03 Å². The van der Waals surface area contributed by atoms with E-state index >= 15 is 0 Å². The Morgan fingerprint density at radius 2 is 2.04 bits per heavy atom. The highest BCUT2D eigenvalue weighted by Gasteiger charge is 2.25. The number of rotatable bonds is 4. The molecule has 2 saturated heterocycles. The molecule has 3 heterocycles. The lowest BCUT2D eigenvalue weighted by Gasteiger charge is -2.36. The summed E-state index contributed by atoms with van der Waals surface area (Å²) in [6.45, 7) is 11.0. The number of carbonyl (C=O) groups is 1. The first kappa shape index (κ1) is 19.2. The van der Waals surface area contributed by atoms with Crippen LogP contribution in [0.3, 0.4) is 0 Å². The number of ether oxygens (including phenoxy) is 1. The van der Waals surface area contributed by atoms with E-state index in [-0.39, 0.29) is 6.03 Å². The van der Waals surface area contributed by atoms with Gasteiger partial charge in [-0.2, -0.15) is 0 Å². The number of nitrogens with one attached hydrogen (secondary N) is 2. The summed E-state index contributed by atoms with van der Waals surface area (Å²) in [5.41, 5.74) is 4.45. The number of fused-ring (bicyclic) bond motifs is 1. The molecule has 0 radical (unpaired) electrons. The van der Waals surface area contributed by atoms with Gasteiger partial charge in [-0.25, -0.2) is 9.78 Å². The molecule has 0 spiro atoms. The molecule has 0 unspecified atom stereocenters. The number of aromatic amines is 1. The average Bonchev–Trinajstić information content (AvgIpc) is 3.09. The topological polar surface area (TPSA) is 73.5 Å². The van der Waals surface area contributed by atoms with Crippen LogP contribution >= 0.6 is 0 Å². The Morgan fingerprint density at radius 3 is 2.86 bits per heavy atom. The highest BCUT2D eigenvalue weighted by atomic mass is 16.5. The summed E-state index contributed by atoms with van der Waals surface area (Å²) >= 11 is 0. The maximum absolute atomic E-state index is 12.7. The largest absolute Gasteiger partial charge is 0.379 e. The fraction of sp³-hybridized carbons (Fsp3) is 0.619. The molecule has 7 nitrogen and oxygen atoms in total. The van der Waals surface area contributed by atoms with Crippen molar-refractivity contribution < 1.29 is 9.53 Å². The number of hydrogen-bond donors (Lipinski definition) is 2. The Morgan fingerprint density at radius 1 is 1.25 bits per heavy atom. The summed E-state index contributed by atoms with van der Waals surface area (Å²) in [7, 11) is 0. The van der Waals surface area contributed by atoms with Crippen molar-refractivity contribution in [2.45, 2.75) is 33.2 Å². The van der Waals surface area contributed by atoms with Gasteiger partial charge in [0, 0.05) is 32.7 Å². The standard InChI is InChI=1S/C21H31N5O2/c1-15-10-18-19(11-16(15)2)24-20(23-18)12-22-21(27)26-5-3-4-17(14-26)13-25-6-8-28-9-7-25/h10-11,17H,3-9,12-14H2,1-2H3,(H,22,27)(H,23,24)/t17-/m1/s1. The van der Waals surface area contributed by atoms with E-state index in [2.05, 4.69) is 46.2 Å². The number of piperidine rings is 1. The second-order valence-electron chi connectivity index (χ2n) is 8.16. The molecule has 152 valence electrons. The maximum Gasteiger partial charge on any atom is 0.317 e. The summed E-state index contributed by atoms with van der Waals surface area (Å²) in [6, 6.07) is 4.22. The van der Waals surface area contributed by atoms with Crippen molar-refractivity contribution in [1.29, 1.82) is 0 Å². The van der Waals surface area contributed by atoms with Gasteiger partial charge in [0.05, 0.1) is 30.8 Å². The number of nitrogens with zero attached hydrogens (tertiary/aromatic N) is 3. The summed E-state index contributed by atoms with van der Waals surface area (Å²) in [5, 5.41) is 3.04. The number of aryl methyl sites for hydroxylation is 2. The van der Waals surface area contributed by atoms with Crippen LogP contribution in [0.15, 0.2) is 12.1 Å². The number of H-pyrrole nitrogens is 1. The highest BCUT2D eigenvalue weighted by molar-refractivity contribution is 5.77. The summed E-state index contributed by atoms with van der Waals surface area (Å²) in [4.78, 5) is 25.0. The summed E-state index contributed by atoms with van der Waals surface area (Å²) in [5.74, 6) is 1.35. The third kappa shape index (κ3) is 4.47. The van der Waals surface area contributed by atoms with Gasteiger partial charge in [-0.1, -0.05) is 0 Å². The van der Waals surface area contributed by atoms with Gasteiger partial charge in [-0.15, -0.1) is 0 Å². The first-order valence-electron chi connectivity index (χ1n) is 10.4. The number of benzene rings is 1. The fourth-order valence-electron chi connectivity index (χ4n) is 4.22. The van der Waals surface area contributed by atoms with Crippen LogP contribution in [-0.4, -0.2) is 71.7 Å². The Hall–Kier alpha value is -2.12. The van der Waals surface area contributed by atoms with Gasteiger partial charge in [0.1, 0.15) is 5.82 Å². The van der Waals surface area contributed by atoms with E-state index in [1.54, 1.807) is 0 Å². The van der Waals surface area contributed by atoms with E-state index in [0.717, 1.165) is 69.2 Å². The minimum atomic E-state index is 0.0134. The number of carbonyl (C=O) groups excluding carboxylic acids is 1. The number of likely N-dealkylation sites (tertiary alicyclic amines) is 1. The van der Waals surface area contributed by atoms with E-state index in [9.17, 15) is 4.79 Å². The van der Waals surface area contributed by atoms with Crippen LogP contribution in [0.25, 0.3) is 11.0 Å². The van der Waals surface area contributed by atoms with E-state index in [1.165, 1.54) is 17.5 Å². The number of imidazole rings is 1. The van der Waals surface area contributed by atoms with Crippen molar-refractivity contribution in [3.8, 4) is 0 Å². The van der Waals surface area contributed by atoms with Crippen LogP contribution in [0, 0.1) is 19.8 Å². The maximum atomic E-state index is 12.7. The Kier molecular flexibility index (Phi) is 5.82. The monoisotopic (exact) mass is 385 g/mol. The minimum Gasteiger partial charge on any atom is -0.379 e. The van der Waals surface area contributed by atoms with Crippen molar-refractivity contribution >= 4 is 17.1 Å². The lowest BCUT2D eigenvalue weighted by atomic mass is 9.97. The molecule has 2 fully saturated rings. The average molecular weight is 386 g/mol. The third-order valence-electron chi connectivity index (χ3n) is 5.98. The first-order chi connectivity index (χ1) is 13.6. The number of amides is 2. The molecule has 2 N–H and O–H groups in total. The lowest BCUT2D eigenvalue weighted by molar-refractivity contribution is 0.0249. The SMILES string of the molecule is Cc1cc2nc(CNC(=O)N3CCC[C@H](CN4CCOCC4)C3)[nH]c2cc1C. The summed E-state index contributed by atoms with van der Waals surface area (Å²) < 4.78 is 5.43. The highest BCUT2D eigenvalue weighted by Crippen LogP contribution is 2.19. The molecule has 2 amide bonds. The molecular formula is C21H31N5O2. The molecule has 4 rings (SSSR count). The normalized spacial score (nSPS) is 21.2. The molecule has 1 aromatic heterocycles. The number of morpholine rings is 1. The molecule has 1 aromatic carbocycles. The van der Waals surface area contributed by atoms with Crippen molar-refractivity contribution in [2.75, 3.05) is 45.9 Å². The van der Waals surface area contributed by atoms with E-state index < -0.39 is 0 Å². The molecule has 0 aliphatic carbocycles. The fourth-order valence-corrected chi connectivity index (χ4v) is 4.22. The zero-order valence-electron chi connectivity index (χ0n) is 17.0. The molecular weight excluding hydrogens is 354 g/mol. The predicted molar refractivity (Wildman–Crippen MR) is 109 cm³/mol. The van der Waals surface area contributed by atoms with Gasteiger partial charge in [-0.05, 0) is 55.9 Å². The molecule has 0 bridgehead atoms. The second kappa shape index (κ2) is 8.49. The third-order valence-corrected chi connectivity index (χ3v) is 5.98. The first-order valence-corrected chi connectivity index (χ1v) is 10.4. The zero-order valence-corrected chi connectivity index (χ0v) is 17.0. The van der Waals surface area contributed by atoms with Gasteiger partial charge < -0.3 is 19.9 Å². The molecule has 7 heteroatoms. The Labute approximate surface area is 166 Å². The molecule has 2 aliphatic heterocycles. The quantitative estimate of drug-likeness (QED) is 0.848. The van der Waals surface area contributed by atoms with Crippen LogP contribution in [0.4, 0.5) is 4.79 Å². The Balaban J connectivity index is 1.30. The molecule has 2 aromatic rings. The van der Waals surface area contributed by atoms with Crippen LogP contribution in [0.5, 0.6) is 0 Å². The zero-order chi connectivity index (χ0) is 19.5. The van der Waals surface area contributed by atoms with Gasteiger partial charge in [0.2, 0.25) is 0 Å². The van der Waals surface area contributed by atoms with Crippen molar-refractivity contribution in [1.82, 2.24) is 25.1 Å².